The van der Waals surface area contributed by atoms with E-state index in [0.717, 1.165) is 12.2 Å². The molecule has 2 N–H and O–H groups in total. The lowest BCUT2D eigenvalue weighted by atomic mass is 10.5. The van der Waals surface area contributed by atoms with Gasteiger partial charge in [0.2, 0.25) is 0 Å². The van der Waals surface area contributed by atoms with Gasteiger partial charge in [0.25, 0.3) is 0 Å². The maximum atomic E-state index is 3.10. The molecule has 1 radical (unpaired) electrons. The largest absolute Gasteiger partial charge is 0.384 e. The Labute approximate surface area is 48.9 Å². The number of aromatic amines is 1. The molecular weight excluding hydrogens is 100 g/mol. The fourth-order valence-electron chi connectivity index (χ4n) is 0.580. The summed E-state index contributed by atoms with van der Waals surface area (Å²) in [5.41, 5.74) is 1.03. The van der Waals surface area contributed by atoms with Gasteiger partial charge in [-0.3, -0.25) is 0 Å². The lowest BCUT2D eigenvalue weighted by molar-refractivity contribution is 1.21. The van der Waals surface area contributed by atoms with Crippen LogP contribution in [0, 0.1) is 6.20 Å². The molecule has 0 fully saturated rings. The first-order valence-corrected chi connectivity index (χ1v) is 2.72. The molecule has 8 heavy (non-hydrogen) atoms. The van der Waals surface area contributed by atoms with E-state index in [9.17, 15) is 0 Å². The van der Waals surface area contributed by atoms with E-state index in [0.29, 0.717) is 0 Å². The van der Waals surface area contributed by atoms with Crippen LogP contribution in [-0.4, -0.2) is 11.5 Å². The van der Waals surface area contributed by atoms with Gasteiger partial charge in [0.15, 0.2) is 0 Å². The van der Waals surface area contributed by atoms with Crippen LogP contribution in [-0.2, 0) is 0 Å². The molecule has 0 atom stereocenters. The van der Waals surface area contributed by atoms with Crippen LogP contribution >= 0.6 is 0 Å². The second-order valence-corrected chi connectivity index (χ2v) is 1.55. The molecule has 1 aromatic heterocycles. The molecule has 0 aliphatic heterocycles. The highest BCUT2D eigenvalue weighted by molar-refractivity contribution is 5.38. The Kier molecular flexibility index (Phi) is 1.57. The summed E-state index contributed by atoms with van der Waals surface area (Å²) in [7, 11) is 0. The lowest BCUT2D eigenvalue weighted by Gasteiger charge is -1.93. The fourth-order valence-corrected chi connectivity index (χ4v) is 0.580. The van der Waals surface area contributed by atoms with Crippen LogP contribution in [0.3, 0.4) is 0 Å². The van der Waals surface area contributed by atoms with Gasteiger partial charge in [-0.25, -0.2) is 0 Å². The average molecular weight is 109 g/mol. The van der Waals surface area contributed by atoms with E-state index in [2.05, 4.69) is 23.4 Å². The summed E-state index contributed by atoms with van der Waals surface area (Å²) in [5, 5.41) is 3.10. The maximum absolute atomic E-state index is 3.10. The van der Waals surface area contributed by atoms with Crippen molar-refractivity contribution in [1.82, 2.24) is 4.98 Å². The zero-order valence-corrected chi connectivity index (χ0v) is 4.86. The third kappa shape index (κ3) is 1.03. The smallest absolute Gasteiger partial charge is 0.0876 e. The Morgan fingerprint density at radius 2 is 2.75 bits per heavy atom. The summed E-state index contributed by atoms with van der Waals surface area (Å²) >= 11 is 0. The second-order valence-electron chi connectivity index (χ2n) is 1.55. The van der Waals surface area contributed by atoms with Crippen molar-refractivity contribution in [2.75, 3.05) is 11.9 Å². The van der Waals surface area contributed by atoms with Crippen molar-refractivity contribution in [3.8, 4) is 0 Å². The zero-order valence-electron chi connectivity index (χ0n) is 4.86. The van der Waals surface area contributed by atoms with Gasteiger partial charge in [-0.05, 0) is 13.0 Å². The summed E-state index contributed by atoms with van der Waals surface area (Å²) in [6, 6.07) is 1.95. The Bertz CT molecular complexity index is 132. The topological polar surface area (TPSA) is 27.8 Å². The molecule has 0 aromatic carbocycles. The molecule has 1 aromatic rings. The van der Waals surface area contributed by atoms with Crippen molar-refractivity contribution in [3.05, 3.63) is 18.5 Å². The first kappa shape index (κ1) is 5.22. The molecule has 0 unspecified atom stereocenters. The van der Waals surface area contributed by atoms with Gasteiger partial charge in [-0.2, -0.15) is 0 Å². The normalized spacial score (nSPS) is 9.12. The van der Waals surface area contributed by atoms with Crippen LogP contribution in [0.5, 0.6) is 0 Å². The molecular formula is C6H9N2. The minimum absolute atomic E-state index is 0.953. The fraction of sp³-hybridized carbons (Fsp3) is 0.333. The van der Waals surface area contributed by atoms with Crippen LogP contribution in [0.25, 0.3) is 0 Å². The van der Waals surface area contributed by atoms with Crippen molar-refractivity contribution < 1.29 is 0 Å². The summed E-state index contributed by atoms with van der Waals surface area (Å²) < 4.78 is 0. The SMILES string of the molecule is CCNc1[c][nH]cc1. The number of rotatable bonds is 2. The number of H-pyrrole nitrogens is 1. The first-order valence-electron chi connectivity index (χ1n) is 2.72. The highest BCUT2D eigenvalue weighted by Gasteiger charge is 1.84. The van der Waals surface area contributed by atoms with Crippen molar-refractivity contribution in [2.24, 2.45) is 0 Å². The molecule has 0 amide bonds. The quantitative estimate of drug-likeness (QED) is 0.587. The highest BCUT2D eigenvalue weighted by atomic mass is 14.9. The molecule has 0 saturated carbocycles. The summed E-state index contributed by atoms with van der Waals surface area (Å²) in [6.07, 6.45) is 4.75. The Balaban J connectivity index is 2.50. The number of hydrogen-bond acceptors (Lipinski definition) is 1. The van der Waals surface area contributed by atoms with Gasteiger partial charge in [0, 0.05) is 12.7 Å². The minimum atomic E-state index is 0.953. The lowest BCUT2D eigenvalue weighted by Crippen LogP contribution is -1.93. The Hall–Kier alpha value is -0.920. The van der Waals surface area contributed by atoms with Crippen LogP contribution < -0.4 is 5.32 Å². The van der Waals surface area contributed by atoms with Crippen molar-refractivity contribution in [3.63, 3.8) is 0 Å². The molecule has 43 valence electrons. The van der Waals surface area contributed by atoms with E-state index < -0.39 is 0 Å². The van der Waals surface area contributed by atoms with Crippen LogP contribution in [0.1, 0.15) is 6.92 Å². The number of hydrogen-bond donors (Lipinski definition) is 2. The van der Waals surface area contributed by atoms with E-state index in [4.69, 9.17) is 0 Å². The molecule has 0 aliphatic carbocycles. The predicted octanol–water partition coefficient (Wildman–Crippen LogP) is 1.25. The molecule has 0 saturated heterocycles. The van der Waals surface area contributed by atoms with Crippen LogP contribution in [0.15, 0.2) is 12.3 Å². The monoisotopic (exact) mass is 109 g/mol. The standard InChI is InChI=1S/C6H9N2/c1-2-8-6-3-4-7-5-6/h3-4,7-8H,2H2,1H3. The van der Waals surface area contributed by atoms with Gasteiger partial charge >= 0.3 is 0 Å². The molecule has 1 heterocycles. The van der Waals surface area contributed by atoms with Gasteiger partial charge in [-0.1, -0.05) is 0 Å². The molecule has 0 bridgehead atoms. The molecule has 0 spiro atoms. The number of aromatic nitrogens is 1. The van der Waals surface area contributed by atoms with Gasteiger partial charge in [0.05, 0.1) is 11.9 Å². The highest BCUT2D eigenvalue weighted by Crippen LogP contribution is 1.99. The van der Waals surface area contributed by atoms with Crippen molar-refractivity contribution in [1.29, 1.82) is 0 Å². The second kappa shape index (κ2) is 2.40. The van der Waals surface area contributed by atoms with Gasteiger partial charge in [-0.15, -0.1) is 0 Å². The zero-order chi connectivity index (χ0) is 5.82. The van der Waals surface area contributed by atoms with E-state index in [1.807, 2.05) is 12.3 Å². The molecule has 2 heteroatoms. The van der Waals surface area contributed by atoms with Crippen LogP contribution in [0.4, 0.5) is 5.69 Å². The van der Waals surface area contributed by atoms with Gasteiger partial charge in [0.1, 0.15) is 0 Å². The first-order chi connectivity index (χ1) is 3.93. The number of nitrogens with one attached hydrogen (secondary N) is 2. The minimum Gasteiger partial charge on any atom is -0.384 e. The third-order valence-corrected chi connectivity index (χ3v) is 0.907. The molecule has 1 rings (SSSR count). The van der Waals surface area contributed by atoms with E-state index in [1.54, 1.807) is 0 Å². The molecule has 2 nitrogen and oxygen atoms in total. The number of anilines is 1. The summed E-state index contributed by atoms with van der Waals surface area (Å²) in [4.78, 5) is 2.83. The van der Waals surface area contributed by atoms with Gasteiger partial charge < -0.3 is 10.3 Å². The Morgan fingerprint density at radius 1 is 1.88 bits per heavy atom. The van der Waals surface area contributed by atoms with E-state index in [1.165, 1.54) is 0 Å². The van der Waals surface area contributed by atoms with E-state index >= 15 is 0 Å². The van der Waals surface area contributed by atoms with Crippen LogP contribution in [0.2, 0.25) is 0 Å². The van der Waals surface area contributed by atoms with Crippen molar-refractivity contribution >= 4 is 5.69 Å². The Morgan fingerprint density at radius 3 is 3.25 bits per heavy atom. The summed E-state index contributed by atoms with van der Waals surface area (Å²) in [6.45, 7) is 3.01. The third-order valence-electron chi connectivity index (χ3n) is 0.907. The summed E-state index contributed by atoms with van der Waals surface area (Å²) in [5.74, 6) is 0. The maximum Gasteiger partial charge on any atom is 0.0876 e. The van der Waals surface area contributed by atoms with E-state index in [-0.39, 0.29) is 0 Å². The molecule has 0 aliphatic rings. The van der Waals surface area contributed by atoms with Crippen molar-refractivity contribution in [2.45, 2.75) is 6.92 Å². The predicted molar refractivity (Wildman–Crippen MR) is 33.8 cm³/mol. The average Bonchev–Trinajstić information content (AvgIpc) is 2.19.